The highest BCUT2D eigenvalue weighted by molar-refractivity contribution is 7.90. The van der Waals surface area contributed by atoms with E-state index >= 15 is 0 Å². The summed E-state index contributed by atoms with van der Waals surface area (Å²) in [5.41, 5.74) is 6.10. The van der Waals surface area contributed by atoms with Gasteiger partial charge in [-0.2, -0.15) is 9.97 Å². The van der Waals surface area contributed by atoms with Gasteiger partial charge in [0.1, 0.15) is 11.3 Å². The highest BCUT2D eigenvalue weighted by atomic mass is 35.5. The first-order valence-corrected chi connectivity index (χ1v) is 20.0. The molecule has 0 spiro atoms. The molecule has 0 radical (unpaired) electrons. The fraction of sp³-hybridized carbons (Fsp3) is 0.333. The summed E-state index contributed by atoms with van der Waals surface area (Å²) < 4.78 is 25.9. The zero-order valence-corrected chi connectivity index (χ0v) is 34.9. The summed E-state index contributed by atoms with van der Waals surface area (Å²) in [5, 5.41) is 24.0. The molecule has 2 atom stereocenters. The summed E-state index contributed by atoms with van der Waals surface area (Å²) in [6.45, 7) is 10.4. The van der Waals surface area contributed by atoms with Crippen molar-refractivity contribution in [1.82, 2.24) is 29.1 Å². The van der Waals surface area contributed by atoms with E-state index in [1.165, 1.54) is 22.4 Å². The van der Waals surface area contributed by atoms with Gasteiger partial charge < -0.3 is 21.3 Å². The predicted octanol–water partition coefficient (Wildman–Crippen LogP) is 5.38. The molecular formula is C39H46Cl2N8O6S. The van der Waals surface area contributed by atoms with Gasteiger partial charge in [-0.3, -0.25) is 18.7 Å². The van der Waals surface area contributed by atoms with Crippen LogP contribution in [0.1, 0.15) is 41.5 Å². The van der Waals surface area contributed by atoms with Crippen molar-refractivity contribution in [3.63, 3.8) is 0 Å². The van der Waals surface area contributed by atoms with Gasteiger partial charge in [0.15, 0.2) is 0 Å². The number of hydrogen-bond acceptors (Lipinski definition) is 12. The molecule has 6 rings (SSSR count). The molecule has 4 heterocycles. The van der Waals surface area contributed by atoms with Crippen LogP contribution in [0.3, 0.4) is 0 Å². The second-order valence-electron chi connectivity index (χ2n) is 14.4. The van der Waals surface area contributed by atoms with Gasteiger partial charge >= 0.3 is 0 Å². The quantitative estimate of drug-likeness (QED) is 0.150. The Kier molecular flexibility index (Phi) is 13.5. The number of halogens is 2. The van der Waals surface area contributed by atoms with Crippen molar-refractivity contribution >= 4 is 61.1 Å². The van der Waals surface area contributed by atoms with Crippen LogP contribution in [-0.2, 0) is 23.9 Å². The molecule has 0 aliphatic carbocycles. The van der Waals surface area contributed by atoms with Crippen molar-refractivity contribution in [1.29, 1.82) is 0 Å². The summed E-state index contributed by atoms with van der Waals surface area (Å²) in [5.74, 6) is 0.354. The third-order valence-corrected chi connectivity index (χ3v) is 10.6. The normalized spacial score (nSPS) is 13.0. The van der Waals surface area contributed by atoms with Gasteiger partial charge in [0.05, 0.1) is 17.2 Å². The maximum absolute atomic E-state index is 12.8. The van der Waals surface area contributed by atoms with Crippen LogP contribution < -0.4 is 22.2 Å². The monoisotopic (exact) mass is 824 g/mol. The molecule has 0 saturated heterocycles. The van der Waals surface area contributed by atoms with Gasteiger partial charge in [-0.15, -0.1) is 0 Å². The highest BCUT2D eigenvalue weighted by Crippen LogP contribution is 2.28. The summed E-state index contributed by atoms with van der Waals surface area (Å²) >= 11 is 12.4. The fourth-order valence-corrected chi connectivity index (χ4v) is 5.81. The van der Waals surface area contributed by atoms with Crippen LogP contribution >= 0.6 is 23.2 Å². The average Bonchev–Trinajstić information content (AvgIpc) is 3.11. The number of benzene rings is 2. The Bertz CT molecular complexity index is 2620. The highest BCUT2D eigenvalue weighted by Gasteiger charge is 2.23. The first kappa shape index (κ1) is 44.0. The van der Waals surface area contributed by atoms with Crippen LogP contribution in [0.4, 0.5) is 5.95 Å². The molecule has 0 aliphatic rings. The number of aromatic nitrogens is 6. The number of aliphatic hydroxyl groups is 2. The van der Waals surface area contributed by atoms with E-state index in [0.717, 1.165) is 11.6 Å². The molecule has 0 aliphatic heterocycles. The van der Waals surface area contributed by atoms with Gasteiger partial charge in [0.25, 0.3) is 11.1 Å². The van der Waals surface area contributed by atoms with Crippen molar-refractivity contribution in [2.45, 2.75) is 70.0 Å². The molecule has 4 aromatic heterocycles. The molecule has 5 N–H and O–H groups in total. The van der Waals surface area contributed by atoms with Crippen LogP contribution in [-0.4, -0.2) is 77.2 Å². The minimum absolute atomic E-state index is 0.146. The molecule has 6 aromatic rings. The Balaban J connectivity index is 0.000000214. The number of pyridine rings is 2. The van der Waals surface area contributed by atoms with Crippen molar-refractivity contribution in [3.8, 4) is 22.3 Å². The van der Waals surface area contributed by atoms with Gasteiger partial charge in [-0.05, 0) is 65.8 Å². The molecule has 56 heavy (non-hydrogen) atoms. The Morgan fingerprint density at radius 1 is 0.732 bits per heavy atom. The van der Waals surface area contributed by atoms with Crippen molar-refractivity contribution < 1.29 is 18.6 Å². The molecule has 0 bridgehead atoms. The van der Waals surface area contributed by atoms with E-state index < -0.39 is 21.0 Å². The first-order valence-electron chi connectivity index (χ1n) is 17.3. The van der Waals surface area contributed by atoms with E-state index in [-0.39, 0.29) is 34.0 Å². The molecule has 0 saturated carbocycles. The number of nitrogens with two attached hydrogens (primary N) is 1. The molecule has 0 fully saturated rings. The SMILES string of the molecule is C[C@H](N)C(C)(C)O.C[C@H](Nc1ncc2cc(-c3ccccc3Cl)c(=O)n(C)c2n1)C(C)(C)O.Cn1c(=O)c(-c2ccccc2Cl)cc2cnc(S(C)(=O)=O)nc21. The lowest BCUT2D eigenvalue weighted by molar-refractivity contribution is 0.0581. The number of hydrogen-bond donors (Lipinski definition) is 4. The third kappa shape index (κ3) is 10.3. The van der Waals surface area contributed by atoms with Crippen LogP contribution in [0.15, 0.2) is 87.8 Å². The number of sulfone groups is 1. The average molecular weight is 826 g/mol. The maximum atomic E-state index is 12.8. The van der Waals surface area contributed by atoms with E-state index in [0.29, 0.717) is 49.3 Å². The van der Waals surface area contributed by atoms with E-state index in [1.807, 2.05) is 25.1 Å². The number of fused-ring (bicyclic) bond motifs is 2. The smallest absolute Gasteiger partial charge is 0.259 e. The summed E-state index contributed by atoms with van der Waals surface area (Å²) in [6, 6.07) is 17.2. The number of anilines is 1. The molecule has 14 nitrogen and oxygen atoms in total. The number of nitrogens with one attached hydrogen (secondary N) is 1. The second kappa shape index (κ2) is 17.2. The van der Waals surface area contributed by atoms with E-state index in [1.54, 1.807) is 90.3 Å². The Hall–Kier alpha value is -4.77. The van der Waals surface area contributed by atoms with Crippen molar-refractivity contribution in [3.05, 3.63) is 104 Å². The lowest BCUT2D eigenvalue weighted by Gasteiger charge is -2.26. The molecule has 2 aromatic carbocycles. The molecule has 298 valence electrons. The minimum atomic E-state index is -3.55. The van der Waals surface area contributed by atoms with Gasteiger partial charge in [-0.1, -0.05) is 59.6 Å². The second-order valence-corrected chi connectivity index (χ2v) is 17.2. The topological polar surface area (TPSA) is 208 Å². The minimum Gasteiger partial charge on any atom is -0.389 e. The Labute approximate surface area is 334 Å². The largest absolute Gasteiger partial charge is 0.389 e. The zero-order chi connectivity index (χ0) is 41.9. The number of nitrogens with zero attached hydrogens (tertiary/aromatic N) is 6. The molecule has 0 amide bonds. The fourth-order valence-electron chi connectivity index (χ4n) is 4.84. The van der Waals surface area contributed by atoms with E-state index in [4.69, 9.17) is 34.0 Å². The number of aryl methyl sites for hydroxylation is 2. The van der Waals surface area contributed by atoms with Crippen LogP contribution in [0.5, 0.6) is 0 Å². The predicted molar refractivity (Wildman–Crippen MR) is 223 cm³/mol. The molecule has 0 unspecified atom stereocenters. The van der Waals surface area contributed by atoms with Crippen LogP contribution in [0.2, 0.25) is 10.0 Å². The lowest BCUT2D eigenvalue weighted by atomic mass is 10.0. The van der Waals surface area contributed by atoms with Crippen LogP contribution in [0.25, 0.3) is 44.3 Å². The Morgan fingerprint density at radius 3 is 1.54 bits per heavy atom. The zero-order valence-electron chi connectivity index (χ0n) is 32.5. The van der Waals surface area contributed by atoms with Gasteiger partial charge in [0, 0.05) is 81.9 Å². The van der Waals surface area contributed by atoms with Crippen molar-refractivity contribution in [2.75, 3.05) is 11.6 Å². The summed E-state index contributed by atoms with van der Waals surface area (Å²) in [6.07, 6.45) is 4.06. The summed E-state index contributed by atoms with van der Waals surface area (Å²) in [4.78, 5) is 42.0. The van der Waals surface area contributed by atoms with E-state index in [9.17, 15) is 23.1 Å². The summed E-state index contributed by atoms with van der Waals surface area (Å²) in [7, 11) is -0.352. The lowest BCUT2D eigenvalue weighted by Crippen LogP contribution is -2.40. The molecule has 17 heteroatoms. The van der Waals surface area contributed by atoms with Crippen molar-refractivity contribution in [2.24, 2.45) is 19.8 Å². The van der Waals surface area contributed by atoms with Gasteiger partial charge in [0.2, 0.25) is 20.9 Å². The van der Waals surface area contributed by atoms with E-state index in [2.05, 4.69) is 25.3 Å². The third-order valence-electron chi connectivity index (χ3n) is 9.05. The maximum Gasteiger partial charge on any atom is 0.259 e. The Morgan fingerprint density at radius 2 is 1.14 bits per heavy atom. The van der Waals surface area contributed by atoms with Gasteiger partial charge in [-0.25, -0.2) is 18.4 Å². The molecular weight excluding hydrogens is 779 g/mol. The number of rotatable bonds is 7. The standard InChI is InChI=1S/C19H21ClN4O2.C15H12ClN3O3S.C5H13NO/c1-11(19(2,3)26)22-18-21-10-12-9-14(13-7-5-6-8-15(13)20)17(25)24(4)16(12)23-18;1-19-13-9(8-17-15(18-13)23(2,21)22)7-11(14(19)20)10-5-3-4-6-12(10)16;1-4(6)5(2,3)7/h5-11,26H,1-4H3,(H,21,22,23);3-8H,1-2H3;4,7H,6H2,1-3H3/t11-;;4-/m0.0/s1. The van der Waals surface area contributed by atoms with Crippen LogP contribution in [0, 0.1) is 0 Å². The first-order chi connectivity index (χ1) is 25.9.